The molecule has 1 fully saturated rings. The molecule has 0 aliphatic carbocycles. The third-order valence-corrected chi connectivity index (χ3v) is 6.64. The summed E-state index contributed by atoms with van der Waals surface area (Å²) in [5.74, 6) is 0.166. The van der Waals surface area contributed by atoms with E-state index in [4.69, 9.17) is 4.74 Å². The first kappa shape index (κ1) is 19.1. The molecule has 2 aliphatic heterocycles. The van der Waals surface area contributed by atoms with Crippen molar-refractivity contribution in [3.8, 4) is 5.69 Å². The van der Waals surface area contributed by atoms with Crippen LogP contribution in [0.2, 0.25) is 0 Å². The summed E-state index contributed by atoms with van der Waals surface area (Å²) in [7, 11) is 0. The molecule has 154 valence electrons. The topological polar surface area (TPSA) is 47.4 Å². The van der Waals surface area contributed by atoms with Gasteiger partial charge >= 0.3 is 0 Å². The zero-order valence-corrected chi connectivity index (χ0v) is 17.6. The van der Waals surface area contributed by atoms with Gasteiger partial charge in [-0.3, -0.25) is 4.79 Å². The number of benzene rings is 2. The number of nitrogens with zero attached hydrogens (tertiary/aromatic N) is 3. The first-order valence-corrected chi connectivity index (χ1v) is 10.7. The average Bonchev–Trinajstić information content (AvgIpc) is 3.42. The molecule has 1 aromatic heterocycles. The van der Waals surface area contributed by atoms with Gasteiger partial charge in [0, 0.05) is 31.1 Å². The highest BCUT2D eigenvalue weighted by molar-refractivity contribution is 5.99. The number of ether oxygens (including phenoxy) is 1. The fraction of sp³-hybridized carbons (Fsp3) is 0.360. The second-order valence-electron chi connectivity index (χ2n) is 8.41. The van der Waals surface area contributed by atoms with E-state index in [1.165, 1.54) is 27.8 Å². The summed E-state index contributed by atoms with van der Waals surface area (Å²) >= 11 is 0. The lowest BCUT2D eigenvalue weighted by Crippen LogP contribution is -2.41. The second kappa shape index (κ2) is 7.73. The second-order valence-corrected chi connectivity index (χ2v) is 8.41. The molecule has 5 nitrogen and oxygen atoms in total. The van der Waals surface area contributed by atoms with Gasteiger partial charge in [0.25, 0.3) is 5.91 Å². The minimum Gasteiger partial charge on any atom is -0.379 e. The molecule has 0 saturated carbocycles. The molecule has 30 heavy (non-hydrogen) atoms. The van der Waals surface area contributed by atoms with Crippen molar-refractivity contribution in [2.75, 3.05) is 13.2 Å². The van der Waals surface area contributed by atoms with Crippen LogP contribution in [0.3, 0.4) is 0 Å². The fourth-order valence-electron chi connectivity index (χ4n) is 4.69. The van der Waals surface area contributed by atoms with Crippen LogP contribution in [0, 0.1) is 13.8 Å². The maximum atomic E-state index is 13.2. The van der Waals surface area contributed by atoms with Gasteiger partial charge in [-0.2, -0.15) is 5.10 Å². The zero-order valence-electron chi connectivity index (χ0n) is 17.6. The Balaban J connectivity index is 1.41. The summed E-state index contributed by atoms with van der Waals surface area (Å²) in [6.07, 6.45) is 6.61. The van der Waals surface area contributed by atoms with Crippen LogP contribution in [0.15, 0.2) is 48.8 Å². The van der Waals surface area contributed by atoms with Crippen LogP contribution in [0.4, 0.5) is 0 Å². The molecule has 3 aromatic rings. The largest absolute Gasteiger partial charge is 0.379 e. The number of rotatable bonds is 4. The van der Waals surface area contributed by atoms with Gasteiger partial charge in [0.15, 0.2) is 0 Å². The van der Waals surface area contributed by atoms with E-state index in [1.54, 1.807) is 6.20 Å². The van der Waals surface area contributed by atoms with Crippen molar-refractivity contribution in [3.63, 3.8) is 0 Å². The van der Waals surface area contributed by atoms with Crippen LogP contribution in [-0.2, 0) is 17.7 Å². The maximum Gasteiger partial charge on any atom is 0.254 e. The third-order valence-electron chi connectivity index (χ3n) is 6.64. The van der Waals surface area contributed by atoms with Crippen LogP contribution < -0.4 is 0 Å². The van der Waals surface area contributed by atoms with Crippen molar-refractivity contribution in [2.45, 2.75) is 45.7 Å². The molecular weight excluding hydrogens is 374 g/mol. The Hall–Kier alpha value is -2.92. The first-order chi connectivity index (χ1) is 14.6. The van der Waals surface area contributed by atoms with E-state index >= 15 is 0 Å². The quantitative estimate of drug-likeness (QED) is 0.658. The highest BCUT2D eigenvalue weighted by Gasteiger charge is 2.35. The van der Waals surface area contributed by atoms with Crippen molar-refractivity contribution in [1.29, 1.82) is 0 Å². The van der Waals surface area contributed by atoms with Crippen molar-refractivity contribution in [2.24, 2.45) is 0 Å². The van der Waals surface area contributed by atoms with E-state index in [1.807, 2.05) is 21.8 Å². The van der Waals surface area contributed by atoms with Crippen LogP contribution in [-0.4, -0.2) is 39.8 Å². The van der Waals surface area contributed by atoms with Crippen LogP contribution in [0.25, 0.3) is 5.69 Å². The third kappa shape index (κ3) is 3.33. The molecule has 3 heterocycles. The molecule has 2 aromatic carbocycles. The van der Waals surface area contributed by atoms with E-state index in [0.29, 0.717) is 13.2 Å². The lowest BCUT2D eigenvalue weighted by atomic mass is 9.91. The lowest BCUT2D eigenvalue weighted by molar-refractivity contribution is 0.0179. The molecule has 0 radical (unpaired) electrons. The fourth-order valence-corrected chi connectivity index (χ4v) is 4.69. The van der Waals surface area contributed by atoms with Gasteiger partial charge in [-0.1, -0.05) is 12.1 Å². The van der Waals surface area contributed by atoms with Gasteiger partial charge in [-0.15, -0.1) is 0 Å². The van der Waals surface area contributed by atoms with E-state index in [-0.39, 0.29) is 11.9 Å². The van der Waals surface area contributed by atoms with E-state index in [2.05, 4.69) is 49.3 Å². The van der Waals surface area contributed by atoms with Gasteiger partial charge in [0.05, 0.1) is 18.3 Å². The Labute approximate surface area is 177 Å². The van der Waals surface area contributed by atoms with Gasteiger partial charge in [-0.25, -0.2) is 4.68 Å². The highest BCUT2D eigenvalue weighted by atomic mass is 16.5. The Morgan fingerprint density at radius 2 is 2.00 bits per heavy atom. The summed E-state index contributed by atoms with van der Waals surface area (Å²) < 4.78 is 7.49. The molecule has 0 bridgehead atoms. The Morgan fingerprint density at radius 1 is 1.17 bits per heavy atom. The number of fused-ring (bicyclic) bond motifs is 1. The highest BCUT2D eigenvalue weighted by Crippen LogP contribution is 2.33. The lowest BCUT2D eigenvalue weighted by Gasteiger charge is -2.30. The number of carbonyl (C=O) groups excluding carboxylic acids is 1. The van der Waals surface area contributed by atoms with Crippen LogP contribution in [0.1, 0.15) is 51.0 Å². The number of aromatic nitrogens is 2. The van der Waals surface area contributed by atoms with Gasteiger partial charge in [-0.05, 0) is 85.2 Å². The molecular formula is C25H27N3O2. The van der Waals surface area contributed by atoms with Crippen molar-refractivity contribution in [1.82, 2.24) is 14.7 Å². The zero-order chi connectivity index (χ0) is 20.7. The Kier molecular flexibility index (Phi) is 4.91. The minimum absolute atomic E-state index is 0.166. The summed E-state index contributed by atoms with van der Waals surface area (Å²) in [5, 5.41) is 4.28. The monoisotopic (exact) mass is 401 g/mol. The minimum atomic E-state index is 0.166. The molecule has 0 spiro atoms. The predicted octanol–water partition coefficient (Wildman–Crippen LogP) is 4.21. The van der Waals surface area contributed by atoms with Crippen LogP contribution in [0.5, 0.6) is 0 Å². The number of amides is 1. The summed E-state index contributed by atoms with van der Waals surface area (Å²) in [5.41, 5.74) is 8.13. The molecule has 0 N–H and O–H groups in total. The van der Waals surface area contributed by atoms with E-state index < -0.39 is 0 Å². The molecule has 5 heteroatoms. The van der Waals surface area contributed by atoms with Crippen molar-refractivity contribution in [3.05, 3.63) is 82.2 Å². The molecule has 2 aliphatic rings. The van der Waals surface area contributed by atoms with Gasteiger partial charge in [0.2, 0.25) is 0 Å². The molecule has 1 saturated heterocycles. The Bertz CT molecular complexity index is 1060. The standard InChI is InChI=1S/C25H27N3O2/c1-17-18(2)24-15-27(22-5-3-12-30-16-22)25(29)23(24)14-20(17)13-19-6-8-21(9-7-19)28-11-4-10-26-28/h4,6-11,14,22H,3,5,12-13,15-16H2,1-2H3. The number of hydrogen-bond donors (Lipinski definition) is 0. The molecule has 5 rings (SSSR count). The van der Waals surface area contributed by atoms with Crippen molar-refractivity contribution >= 4 is 5.91 Å². The Morgan fingerprint density at radius 3 is 2.70 bits per heavy atom. The summed E-state index contributed by atoms with van der Waals surface area (Å²) in [6.45, 7) is 6.53. The number of hydrogen-bond acceptors (Lipinski definition) is 3. The summed E-state index contributed by atoms with van der Waals surface area (Å²) in [4.78, 5) is 15.2. The maximum absolute atomic E-state index is 13.2. The van der Waals surface area contributed by atoms with Crippen molar-refractivity contribution < 1.29 is 9.53 Å². The summed E-state index contributed by atoms with van der Waals surface area (Å²) in [6, 6.07) is 12.7. The SMILES string of the molecule is Cc1c(Cc2ccc(-n3cccn3)cc2)cc2c(c1C)CN(C1CCCOC1)C2=O. The molecule has 1 atom stereocenters. The average molecular weight is 402 g/mol. The molecule has 1 unspecified atom stereocenters. The van der Waals surface area contributed by atoms with Crippen LogP contribution >= 0.6 is 0 Å². The normalized spacial score (nSPS) is 18.7. The van der Waals surface area contributed by atoms with Gasteiger partial charge < -0.3 is 9.64 Å². The first-order valence-electron chi connectivity index (χ1n) is 10.7. The number of carbonyl (C=O) groups is 1. The predicted molar refractivity (Wildman–Crippen MR) is 116 cm³/mol. The van der Waals surface area contributed by atoms with E-state index in [9.17, 15) is 4.79 Å². The smallest absolute Gasteiger partial charge is 0.254 e. The van der Waals surface area contributed by atoms with E-state index in [0.717, 1.165) is 37.1 Å². The van der Waals surface area contributed by atoms with Gasteiger partial charge in [0.1, 0.15) is 0 Å². The molecule has 1 amide bonds.